The molecule has 2 aliphatic rings. The first-order valence-electron chi connectivity index (χ1n) is 12.7. The fourth-order valence-electron chi connectivity index (χ4n) is 5.08. The zero-order valence-electron chi connectivity index (χ0n) is 21.6. The van der Waals surface area contributed by atoms with Crippen LogP contribution in [0.4, 0.5) is 17.6 Å². The summed E-state index contributed by atoms with van der Waals surface area (Å²) in [5.74, 6) is -1.23. The zero-order chi connectivity index (χ0) is 29.2. The minimum Gasteiger partial charge on any atom is -0.494 e. The minimum absolute atomic E-state index is 0.0140. The summed E-state index contributed by atoms with van der Waals surface area (Å²) in [6.45, 7) is -1.22. The molecule has 3 heterocycles. The van der Waals surface area contributed by atoms with Gasteiger partial charge in [0.15, 0.2) is 11.3 Å². The number of pyridine rings is 1. The highest BCUT2D eigenvalue weighted by molar-refractivity contribution is 7.16. The Hall–Kier alpha value is -3.81. The van der Waals surface area contributed by atoms with Gasteiger partial charge in [-0.3, -0.25) is 4.79 Å². The van der Waals surface area contributed by atoms with Gasteiger partial charge >= 0.3 is 6.18 Å². The molecular formula is C28H24F4N4O4S. The lowest BCUT2D eigenvalue weighted by molar-refractivity contribution is -0.191. The predicted molar refractivity (Wildman–Crippen MR) is 142 cm³/mol. The second-order valence-corrected chi connectivity index (χ2v) is 11.1. The topological polar surface area (TPSA) is 120 Å². The van der Waals surface area contributed by atoms with E-state index in [1.807, 2.05) is 0 Å². The number of carbonyl (C=O) groups is 1. The highest BCUT2D eigenvalue weighted by atomic mass is 32.1. The molecule has 1 aliphatic heterocycles. The molecule has 0 spiro atoms. The zero-order valence-corrected chi connectivity index (χ0v) is 22.4. The van der Waals surface area contributed by atoms with Gasteiger partial charge in [-0.1, -0.05) is 0 Å². The third kappa shape index (κ3) is 4.57. The third-order valence-electron chi connectivity index (χ3n) is 7.62. The molecule has 2 aromatic carbocycles. The van der Waals surface area contributed by atoms with E-state index in [1.54, 1.807) is 11.6 Å². The highest BCUT2D eigenvalue weighted by Crippen LogP contribution is 2.52. The van der Waals surface area contributed by atoms with Crippen LogP contribution in [0.3, 0.4) is 0 Å². The van der Waals surface area contributed by atoms with Crippen LogP contribution in [0.5, 0.6) is 11.5 Å². The SMILES string of the molecule is COc1cc(C(=O)NCC(O)(c2cc3c(c(-c4ccc(F)cc4)n2)OC[C@@]3(N)C(F)(F)F)C2CC2)cc2scnc12. The normalized spacial score (nSPS) is 19.9. The van der Waals surface area contributed by atoms with E-state index in [-0.39, 0.29) is 46.3 Å². The maximum Gasteiger partial charge on any atom is 0.414 e. The number of halogens is 4. The number of rotatable bonds is 7. The van der Waals surface area contributed by atoms with E-state index in [2.05, 4.69) is 15.3 Å². The van der Waals surface area contributed by atoms with Crippen molar-refractivity contribution in [3.63, 3.8) is 0 Å². The number of nitrogens with two attached hydrogens (primary N) is 1. The molecule has 13 heteroatoms. The Labute approximate surface area is 235 Å². The van der Waals surface area contributed by atoms with Gasteiger partial charge in [0.05, 0.1) is 29.6 Å². The average Bonchev–Trinajstić information content (AvgIpc) is 3.60. The number of fused-ring (bicyclic) bond motifs is 2. The Balaban J connectivity index is 1.41. The fourth-order valence-corrected chi connectivity index (χ4v) is 5.81. The number of nitrogens with one attached hydrogen (secondary N) is 1. The number of methoxy groups -OCH3 is 1. The van der Waals surface area contributed by atoms with Crippen LogP contribution in [-0.2, 0) is 11.1 Å². The van der Waals surface area contributed by atoms with Crippen LogP contribution in [0.2, 0.25) is 0 Å². The van der Waals surface area contributed by atoms with Crippen molar-refractivity contribution >= 4 is 27.5 Å². The van der Waals surface area contributed by atoms with Gasteiger partial charge in [-0.25, -0.2) is 14.4 Å². The van der Waals surface area contributed by atoms with Gasteiger partial charge in [-0.15, -0.1) is 11.3 Å². The third-order valence-corrected chi connectivity index (χ3v) is 8.40. The van der Waals surface area contributed by atoms with Crippen molar-refractivity contribution in [3.05, 3.63) is 70.6 Å². The molecule has 0 saturated heterocycles. The number of carbonyl (C=O) groups excluding carboxylic acids is 1. The lowest BCUT2D eigenvalue weighted by atomic mass is 9.86. The molecule has 4 N–H and O–H groups in total. The van der Waals surface area contributed by atoms with Gasteiger partial charge in [-0.05, 0) is 61.2 Å². The summed E-state index contributed by atoms with van der Waals surface area (Å²) >= 11 is 1.33. The van der Waals surface area contributed by atoms with Crippen LogP contribution in [0.1, 0.15) is 34.5 Å². The summed E-state index contributed by atoms with van der Waals surface area (Å²) in [6.07, 6.45) is -3.74. The molecule has 6 rings (SSSR count). The molecule has 1 saturated carbocycles. The van der Waals surface area contributed by atoms with Crippen LogP contribution in [0, 0.1) is 11.7 Å². The highest BCUT2D eigenvalue weighted by Gasteiger charge is 2.59. The van der Waals surface area contributed by atoms with Crippen LogP contribution in [0.25, 0.3) is 21.5 Å². The van der Waals surface area contributed by atoms with Gasteiger partial charge in [0.25, 0.3) is 5.91 Å². The van der Waals surface area contributed by atoms with E-state index in [1.165, 1.54) is 36.6 Å². The van der Waals surface area contributed by atoms with Crippen molar-refractivity contribution in [2.45, 2.75) is 30.2 Å². The van der Waals surface area contributed by atoms with E-state index in [0.717, 1.165) is 22.9 Å². The lowest BCUT2D eigenvalue weighted by Crippen LogP contribution is -2.52. The Morgan fingerprint density at radius 3 is 2.63 bits per heavy atom. The number of aliphatic hydroxyl groups is 1. The number of aromatic nitrogens is 2. The van der Waals surface area contributed by atoms with Gasteiger partial charge < -0.3 is 25.6 Å². The molecule has 0 bridgehead atoms. The van der Waals surface area contributed by atoms with E-state index >= 15 is 0 Å². The molecule has 4 aromatic rings. The van der Waals surface area contributed by atoms with Gasteiger partial charge in [0, 0.05) is 16.7 Å². The Kier molecular flexibility index (Phi) is 6.43. The predicted octanol–water partition coefficient (Wildman–Crippen LogP) is 4.64. The molecule has 2 atom stereocenters. The smallest absolute Gasteiger partial charge is 0.414 e. The van der Waals surface area contributed by atoms with Crippen LogP contribution in [0.15, 0.2) is 48.0 Å². The molecule has 1 amide bonds. The van der Waals surface area contributed by atoms with E-state index in [0.29, 0.717) is 24.1 Å². The van der Waals surface area contributed by atoms with Crippen LogP contribution >= 0.6 is 11.3 Å². The molecule has 0 radical (unpaired) electrons. The van der Waals surface area contributed by atoms with E-state index < -0.39 is 35.6 Å². The summed E-state index contributed by atoms with van der Waals surface area (Å²) in [7, 11) is 1.46. The fraction of sp³-hybridized carbons (Fsp3) is 0.321. The van der Waals surface area contributed by atoms with Crippen LogP contribution in [-0.4, -0.2) is 47.4 Å². The lowest BCUT2D eigenvalue weighted by Gasteiger charge is -2.31. The van der Waals surface area contributed by atoms with Crippen molar-refractivity contribution in [1.29, 1.82) is 0 Å². The first-order valence-corrected chi connectivity index (χ1v) is 13.5. The second-order valence-electron chi connectivity index (χ2n) is 10.3. The monoisotopic (exact) mass is 588 g/mol. The number of hydrogen-bond donors (Lipinski definition) is 3. The Morgan fingerprint density at radius 2 is 1.98 bits per heavy atom. The number of nitrogens with zero attached hydrogens (tertiary/aromatic N) is 2. The summed E-state index contributed by atoms with van der Waals surface area (Å²) in [6, 6.07) is 9.28. The van der Waals surface area contributed by atoms with Crippen molar-refractivity contribution in [1.82, 2.24) is 15.3 Å². The largest absolute Gasteiger partial charge is 0.494 e. The molecule has 8 nitrogen and oxygen atoms in total. The summed E-state index contributed by atoms with van der Waals surface area (Å²) in [5.41, 5.74) is 3.47. The van der Waals surface area contributed by atoms with Gasteiger partial charge in [0.1, 0.15) is 35.0 Å². The number of amides is 1. The number of thiazole rings is 1. The maximum absolute atomic E-state index is 14.2. The number of ether oxygens (including phenoxy) is 2. The summed E-state index contributed by atoms with van der Waals surface area (Å²) < 4.78 is 67.8. The first kappa shape index (κ1) is 27.4. The van der Waals surface area contributed by atoms with Crippen molar-refractivity contribution in [3.8, 4) is 22.8 Å². The van der Waals surface area contributed by atoms with Crippen molar-refractivity contribution < 1.29 is 36.9 Å². The van der Waals surface area contributed by atoms with Crippen LogP contribution < -0.4 is 20.5 Å². The standard InChI is InChI=1S/C28H24F4N4O4S/c1-39-19-8-15(9-20-23(19)35-13-41-20)25(37)34-11-26(38,16-4-5-16)21-10-18-24(40-12-27(18,33)28(30,31)32)22(36-21)14-2-6-17(29)7-3-14/h2-3,6-10,13,16,38H,4-5,11-12,33H2,1H3,(H,34,37)/t26?,27-/m0/s1. The average molecular weight is 589 g/mol. The number of alkyl halides is 3. The molecule has 2 aromatic heterocycles. The number of benzene rings is 2. The van der Waals surface area contributed by atoms with Crippen molar-refractivity contribution in [2.75, 3.05) is 20.3 Å². The molecule has 1 aliphatic carbocycles. The molecule has 1 unspecified atom stereocenters. The maximum atomic E-state index is 14.2. The molecule has 41 heavy (non-hydrogen) atoms. The summed E-state index contributed by atoms with van der Waals surface area (Å²) in [5, 5.41) is 14.7. The second kappa shape index (κ2) is 9.64. The summed E-state index contributed by atoms with van der Waals surface area (Å²) in [4.78, 5) is 22.0. The Morgan fingerprint density at radius 1 is 1.24 bits per heavy atom. The molecule has 1 fully saturated rings. The quantitative estimate of drug-likeness (QED) is 0.269. The first-order chi connectivity index (χ1) is 19.4. The van der Waals surface area contributed by atoms with E-state index in [4.69, 9.17) is 15.2 Å². The Bertz CT molecular complexity index is 1660. The molecule has 214 valence electrons. The van der Waals surface area contributed by atoms with Gasteiger partial charge in [-0.2, -0.15) is 13.2 Å². The molecular weight excluding hydrogens is 564 g/mol. The number of hydrogen-bond acceptors (Lipinski definition) is 8. The minimum atomic E-state index is -4.88. The van der Waals surface area contributed by atoms with Crippen molar-refractivity contribution in [2.24, 2.45) is 11.7 Å². The van der Waals surface area contributed by atoms with Gasteiger partial charge in [0.2, 0.25) is 0 Å². The van der Waals surface area contributed by atoms with E-state index in [9.17, 15) is 27.5 Å².